The topological polar surface area (TPSA) is 96.0 Å². The smallest absolute Gasteiger partial charge is 0.432 e. The molecule has 0 saturated carbocycles. The molecule has 43 heavy (non-hydrogen) atoms. The molecule has 0 fully saturated rings. The average molecular weight is 645 g/mol. The Morgan fingerprint density at radius 2 is 1.12 bits per heavy atom. The standard InChI is InChI=1S/C29H25F5O7S2/c1-19(2)25(35)39-21-15-17-24(18-16-21)42(22-11-7-5-8-12-22,23-13-9-6-10-14-23)41-43(37,38)29(33,34)27(28(30,31)32)40-26(36)20(3)4/h5-18,27H,1,3H2,2,4H3. The molecule has 3 aromatic rings. The fourth-order valence-corrected chi connectivity index (χ4v) is 8.73. The van der Waals surface area contributed by atoms with Crippen LogP contribution in [0.15, 0.2) is 124 Å². The van der Waals surface area contributed by atoms with E-state index in [4.69, 9.17) is 8.37 Å². The Bertz CT molecular complexity index is 1570. The second kappa shape index (κ2) is 12.7. The van der Waals surface area contributed by atoms with Crippen LogP contribution in [0.4, 0.5) is 22.0 Å². The first-order valence-electron chi connectivity index (χ1n) is 12.1. The molecule has 0 aliphatic heterocycles. The highest BCUT2D eigenvalue weighted by Gasteiger charge is 2.68. The van der Waals surface area contributed by atoms with Gasteiger partial charge in [-0.25, -0.2) is 13.2 Å². The van der Waals surface area contributed by atoms with Gasteiger partial charge in [0, 0.05) is 25.8 Å². The molecular formula is C29H25F5O7S2. The highest BCUT2D eigenvalue weighted by Crippen LogP contribution is 2.70. The van der Waals surface area contributed by atoms with Gasteiger partial charge in [-0.05, 0) is 72.7 Å². The quantitative estimate of drug-likeness (QED) is 0.0932. The molecular weight excluding hydrogens is 619 g/mol. The Labute approximate surface area is 246 Å². The zero-order chi connectivity index (χ0) is 32.2. The lowest BCUT2D eigenvalue weighted by molar-refractivity contribution is -0.257. The molecule has 0 spiro atoms. The summed E-state index contributed by atoms with van der Waals surface area (Å²) in [5.41, 5.74) is -0.606. The minimum absolute atomic E-state index is 0.00902. The molecule has 0 amide bonds. The lowest BCUT2D eigenvalue weighted by Crippen LogP contribution is -2.53. The van der Waals surface area contributed by atoms with Gasteiger partial charge in [-0.1, -0.05) is 49.6 Å². The Balaban J connectivity index is 2.29. The van der Waals surface area contributed by atoms with Crippen LogP contribution in [0, 0.1) is 0 Å². The van der Waals surface area contributed by atoms with Crippen LogP contribution in [0.25, 0.3) is 0 Å². The molecule has 14 heteroatoms. The van der Waals surface area contributed by atoms with Crippen molar-refractivity contribution in [3.8, 4) is 5.75 Å². The Hall–Kier alpha value is -4.01. The minimum atomic E-state index is -6.58. The van der Waals surface area contributed by atoms with Crippen LogP contribution in [-0.4, -0.2) is 37.9 Å². The van der Waals surface area contributed by atoms with Gasteiger partial charge in [0.15, 0.2) is 0 Å². The molecule has 0 radical (unpaired) electrons. The number of rotatable bonds is 11. The maximum absolute atomic E-state index is 15.6. The molecule has 0 aromatic heterocycles. The first kappa shape index (κ1) is 33.5. The number of esters is 2. The SMILES string of the molecule is C=C(C)C(=O)Oc1ccc(S(OS(=O)(=O)C(F)(F)C(OC(=O)C(=C)C)C(F)(F)F)(c2ccccc2)c2ccccc2)cc1. The fraction of sp³-hybridized carbons (Fsp3) is 0.172. The summed E-state index contributed by atoms with van der Waals surface area (Å²) in [5.74, 6) is -2.69. The number of hydrogen-bond donors (Lipinski definition) is 0. The molecule has 0 heterocycles. The number of carbonyl (C=O) groups is 2. The molecule has 3 rings (SSSR count). The molecule has 0 aliphatic rings. The number of alkyl halides is 5. The molecule has 3 aromatic carbocycles. The van der Waals surface area contributed by atoms with E-state index in [-0.39, 0.29) is 26.0 Å². The van der Waals surface area contributed by atoms with Crippen LogP contribution in [0.3, 0.4) is 0 Å². The third-order valence-corrected chi connectivity index (χ3v) is 10.8. The van der Waals surface area contributed by atoms with Crippen molar-refractivity contribution in [2.45, 2.75) is 46.1 Å². The first-order chi connectivity index (χ1) is 19.9. The van der Waals surface area contributed by atoms with Crippen molar-refractivity contribution in [1.82, 2.24) is 0 Å². The van der Waals surface area contributed by atoms with E-state index in [1.165, 1.54) is 79.7 Å². The molecule has 1 unspecified atom stereocenters. The van der Waals surface area contributed by atoms with Gasteiger partial charge in [-0.2, -0.15) is 30.4 Å². The number of hydrogen-bond acceptors (Lipinski definition) is 7. The molecule has 0 bridgehead atoms. The zero-order valence-electron chi connectivity index (χ0n) is 22.6. The van der Waals surface area contributed by atoms with E-state index in [2.05, 4.69) is 17.9 Å². The lowest BCUT2D eigenvalue weighted by Gasteiger charge is -2.40. The predicted octanol–water partition coefficient (Wildman–Crippen LogP) is 7.35. The Morgan fingerprint density at radius 3 is 1.51 bits per heavy atom. The zero-order valence-corrected chi connectivity index (χ0v) is 24.3. The largest absolute Gasteiger partial charge is 0.441 e. The summed E-state index contributed by atoms with van der Waals surface area (Å²) >= 11 is 0. The van der Waals surface area contributed by atoms with E-state index in [0.29, 0.717) is 0 Å². The van der Waals surface area contributed by atoms with E-state index in [0.717, 1.165) is 6.92 Å². The van der Waals surface area contributed by atoms with E-state index < -0.39 is 55.5 Å². The van der Waals surface area contributed by atoms with E-state index in [1.54, 1.807) is 12.1 Å². The second-order valence-electron chi connectivity index (χ2n) is 9.01. The second-order valence-corrected chi connectivity index (χ2v) is 13.5. The van der Waals surface area contributed by atoms with Gasteiger partial charge in [0.25, 0.3) is 6.10 Å². The Morgan fingerprint density at radius 1 is 0.698 bits per heavy atom. The maximum Gasteiger partial charge on any atom is 0.432 e. The van der Waals surface area contributed by atoms with Gasteiger partial charge in [-0.3, -0.25) is 0 Å². The number of carbonyl (C=O) groups excluding carboxylic acids is 2. The summed E-state index contributed by atoms with van der Waals surface area (Å²) < 4.78 is 114. The predicted molar refractivity (Wildman–Crippen MR) is 148 cm³/mol. The summed E-state index contributed by atoms with van der Waals surface area (Å²) in [6, 6.07) is 19.2. The number of benzene rings is 3. The van der Waals surface area contributed by atoms with Crippen molar-refractivity contribution in [3.63, 3.8) is 0 Å². The maximum atomic E-state index is 15.6. The van der Waals surface area contributed by atoms with Crippen molar-refractivity contribution < 1.29 is 53.1 Å². The normalized spacial score (nSPS) is 13.5. The van der Waals surface area contributed by atoms with E-state index in [9.17, 15) is 31.2 Å². The number of ether oxygens (including phenoxy) is 2. The molecule has 230 valence electrons. The minimum Gasteiger partial charge on any atom is -0.441 e. The van der Waals surface area contributed by atoms with Crippen molar-refractivity contribution in [1.29, 1.82) is 0 Å². The highest BCUT2D eigenvalue weighted by atomic mass is 32.3. The van der Waals surface area contributed by atoms with Crippen molar-refractivity contribution >= 4 is 32.4 Å². The number of halogens is 5. The summed E-state index contributed by atoms with van der Waals surface area (Å²) in [5, 5.41) is -5.82. The summed E-state index contributed by atoms with van der Waals surface area (Å²) in [6.45, 7) is 8.81. The molecule has 0 N–H and O–H groups in total. The van der Waals surface area contributed by atoms with Crippen molar-refractivity contribution in [2.75, 3.05) is 0 Å². The summed E-state index contributed by atoms with van der Waals surface area (Å²) in [6.07, 6.45) is -10.5. The first-order valence-corrected chi connectivity index (χ1v) is 15.1. The van der Waals surface area contributed by atoms with Gasteiger partial charge < -0.3 is 9.47 Å². The lowest BCUT2D eigenvalue weighted by atomic mass is 10.3. The van der Waals surface area contributed by atoms with Gasteiger partial charge >= 0.3 is 33.5 Å². The van der Waals surface area contributed by atoms with Gasteiger partial charge in [-0.15, -0.1) is 0 Å². The van der Waals surface area contributed by atoms with Crippen LogP contribution >= 0.6 is 10.3 Å². The van der Waals surface area contributed by atoms with Crippen LogP contribution < -0.4 is 4.74 Å². The van der Waals surface area contributed by atoms with Crippen LogP contribution in [-0.2, 0) is 28.1 Å². The Kier molecular flexibility index (Phi) is 9.89. The van der Waals surface area contributed by atoms with Crippen molar-refractivity contribution in [3.05, 3.63) is 109 Å². The van der Waals surface area contributed by atoms with Gasteiger partial charge in [0.05, 0.1) is 0 Å². The van der Waals surface area contributed by atoms with Crippen molar-refractivity contribution in [2.24, 2.45) is 0 Å². The van der Waals surface area contributed by atoms with Crippen LogP contribution in [0.5, 0.6) is 5.75 Å². The van der Waals surface area contributed by atoms with E-state index >= 15 is 8.78 Å². The third-order valence-electron chi connectivity index (χ3n) is 5.57. The molecule has 0 saturated heterocycles. The molecule has 0 aliphatic carbocycles. The van der Waals surface area contributed by atoms with Crippen LogP contribution in [0.2, 0.25) is 0 Å². The highest BCUT2D eigenvalue weighted by molar-refractivity contribution is 8.33. The summed E-state index contributed by atoms with van der Waals surface area (Å²) in [4.78, 5) is 23.8. The molecule has 1 atom stereocenters. The summed E-state index contributed by atoms with van der Waals surface area (Å²) in [7, 11) is -10.4. The van der Waals surface area contributed by atoms with E-state index in [1.807, 2.05) is 0 Å². The van der Waals surface area contributed by atoms with Gasteiger partial charge in [0.2, 0.25) is 0 Å². The van der Waals surface area contributed by atoms with Crippen LogP contribution in [0.1, 0.15) is 13.8 Å². The fourth-order valence-electron chi connectivity index (χ4n) is 3.49. The van der Waals surface area contributed by atoms with Gasteiger partial charge in [0.1, 0.15) is 5.75 Å². The average Bonchev–Trinajstić information content (AvgIpc) is 2.95. The molecule has 7 nitrogen and oxygen atoms in total. The monoisotopic (exact) mass is 644 g/mol. The third kappa shape index (κ3) is 7.14.